The summed E-state index contributed by atoms with van der Waals surface area (Å²) < 4.78 is 0. The Labute approximate surface area is 111 Å². The molecule has 2 rings (SSSR count). The maximum Gasteiger partial charge on any atom is 0.276 e. The van der Waals surface area contributed by atoms with Gasteiger partial charge in [-0.25, -0.2) is 15.0 Å². The lowest BCUT2D eigenvalue weighted by Gasteiger charge is -2.06. The quantitative estimate of drug-likeness (QED) is 0.855. The molecular formula is C13H15N5O. The molecule has 98 valence electrons. The van der Waals surface area contributed by atoms with Crippen LogP contribution >= 0.6 is 0 Å². The van der Waals surface area contributed by atoms with Gasteiger partial charge in [-0.1, -0.05) is 13.0 Å². The highest BCUT2D eigenvalue weighted by molar-refractivity contribution is 6.02. The minimum Gasteiger partial charge on any atom is -0.370 e. The van der Waals surface area contributed by atoms with Gasteiger partial charge >= 0.3 is 0 Å². The SMILES string of the molecule is CCCNc1cccc(C(=O)Nc2ncccn2)n1. The summed E-state index contributed by atoms with van der Waals surface area (Å²) in [7, 11) is 0. The number of rotatable bonds is 5. The summed E-state index contributed by atoms with van der Waals surface area (Å²) in [5, 5.41) is 5.72. The Morgan fingerprint density at radius 3 is 2.74 bits per heavy atom. The molecule has 2 N–H and O–H groups in total. The van der Waals surface area contributed by atoms with Crippen molar-refractivity contribution >= 4 is 17.7 Å². The normalized spacial score (nSPS) is 9.95. The molecule has 1 amide bonds. The number of anilines is 2. The topological polar surface area (TPSA) is 79.8 Å². The highest BCUT2D eigenvalue weighted by Crippen LogP contribution is 2.06. The first-order valence-electron chi connectivity index (χ1n) is 6.09. The molecule has 2 aromatic rings. The van der Waals surface area contributed by atoms with E-state index in [1.54, 1.807) is 30.6 Å². The van der Waals surface area contributed by atoms with Crippen molar-refractivity contribution in [3.63, 3.8) is 0 Å². The number of pyridine rings is 1. The molecule has 0 aromatic carbocycles. The van der Waals surface area contributed by atoms with E-state index in [9.17, 15) is 4.79 Å². The lowest BCUT2D eigenvalue weighted by Crippen LogP contribution is -2.16. The second-order valence-corrected chi connectivity index (χ2v) is 3.86. The van der Waals surface area contributed by atoms with Crippen LogP contribution in [0.3, 0.4) is 0 Å². The number of nitrogens with zero attached hydrogens (tertiary/aromatic N) is 3. The lowest BCUT2D eigenvalue weighted by atomic mass is 10.3. The van der Waals surface area contributed by atoms with E-state index in [-0.39, 0.29) is 11.9 Å². The Morgan fingerprint density at radius 2 is 2.00 bits per heavy atom. The van der Waals surface area contributed by atoms with E-state index in [0.717, 1.165) is 13.0 Å². The fourth-order valence-electron chi connectivity index (χ4n) is 1.44. The summed E-state index contributed by atoms with van der Waals surface area (Å²) in [5.41, 5.74) is 0.327. The van der Waals surface area contributed by atoms with Crippen molar-refractivity contribution in [3.05, 3.63) is 42.4 Å². The van der Waals surface area contributed by atoms with E-state index >= 15 is 0 Å². The van der Waals surface area contributed by atoms with Crippen LogP contribution in [0.1, 0.15) is 23.8 Å². The van der Waals surface area contributed by atoms with Crippen molar-refractivity contribution in [1.29, 1.82) is 0 Å². The van der Waals surface area contributed by atoms with Crippen LogP contribution in [0.2, 0.25) is 0 Å². The predicted molar refractivity (Wildman–Crippen MR) is 73.0 cm³/mol. The number of carbonyl (C=O) groups is 1. The molecule has 0 radical (unpaired) electrons. The number of aromatic nitrogens is 3. The number of nitrogens with one attached hydrogen (secondary N) is 2. The smallest absolute Gasteiger partial charge is 0.276 e. The van der Waals surface area contributed by atoms with Crippen LogP contribution < -0.4 is 10.6 Å². The maximum atomic E-state index is 12.0. The molecule has 0 spiro atoms. The monoisotopic (exact) mass is 257 g/mol. The summed E-state index contributed by atoms with van der Waals surface area (Å²) in [6, 6.07) is 6.94. The Kier molecular flexibility index (Phi) is 4.39. The van der Waals surface area contributed by atoms with E-state index in [2.05, 4.69) is 32.5 Å². The Balaban J connectivity index is 2.06. The molecule has 0 atom stereocenters. The van der Waals surface area contributed by atoms with Crippen molar-refractivity contribution in [1.82, 2.24) is 15.0 Å². The third kappa shape index (κ3) is 3.74. The summed E-state index contributed by atoms with van der Waals surface area (Å²) in [5.74, 6) is 0.621. The van der Waals surface area contributed by atoms with Gasteiger partial charge in [-0.15, -0.1) is 0 Å². The van der Waals surface area contributed by atoms with Crippen molar-refractivity contribution in [2.75, 3.05) is 17.2 Å². The highest BCUT2D eigenvalue weighted by Gasteiger charge is 2.09. The molecule has 0 aliphatic rings. The van der Waals surface area contributed by atoms with Crippen LogP contribution in [0.5, 0.6) is 0 Å². The first kappa shape index (κ1) is 12.9. The molecule has 2 aromatic heterocycles. The van der Waals surface area contributed by atoms with Gasteiger partial charge in [0.2, 0.25) is 5.95 Å². The van der Waals surface area contributed by atoms with Gasteiger partial charge in [-0.3, -0.25) is 10.1 Å². The second kappa shape index (κ2) is 6.44. The molecule has 0 saturated carbocycles. The third-order valence-electron chi connectivity index (χ3n) is 2.33. The second-order valence-electron chi connectivity index (χ2n) is 3.86. The lowest BCUT2D eigenvalue weighted by molar-refractivity contribution is 0.102. The molecule has 0 fully saturated rings. The molecule has 0 unspecified atom stereocenters. The van der Waals surface area contributed by atoms with Gasteiger partial charge in [0.1, 0.15) is 11.5 Å². The third-order valence-corrected chi connectivity index (χ3v) is 2.33. The average molecular weight is 257 g/mol. The molecule has 0 bridgehead atoms. The molecule has 6 heteroatoms. The Bertz CT molecular complexity index is 544. The molecule has 0 aliphatic carbocycles. The van der Waals surface area contributed by atoms with Gasteiger partial charge in [0, 0.05) is 18.9 Å². The van der Waals surface area contributed by atoms with Gasteiger partial charge < -0.3 is 5.32 Å². The predicted octanol–water partition coefficient (Wildman–Crippen LogP) is 1.95. The van der Waals surface area contributed by atoms with Gasteiger partial charge in [0.25, 0.3) is 5.91 Å². The molecule has 6 nitrogen and oxygen atoms in total. The fourth-order valence-corrected chi connectivity index (χ4v) is 1.44. The summed E-state index contributed by atoms with van der Waals surface area (Å²) in [4.78, 5) is 24.0. The van der Waals surface area contributed by atoms with Crippen molar-refractivity contribution in [2.24, 2.45) is 0 Å². The zero-order valence-electron chi connectivity index (χ0n) is 10.6. The maximum absolute atomic E-state index is 12.0. The van der Waals surface area contributed by atoms with E-state index in [4.69, 9.17) is 0 Å². The van der Waals surface area contributed by atoms with Gasteiger partial charge in [0.05, 0.1) is 0 Å². The van der Waals surface area contributed by atoms with Crippen molar-refractivity contribution in [2.45, 2.75) is 13.3 Å². The number of carbonyl (C=O) groups excluding carboxylic acids is 1. The molecular weight excluding hydrogens is 242 g/mol. The van der Waals surface area contributed by atoms with Crippen LogP contribution in [0, 0.1) is 0 Å². The molecule has 19 heavy (non-hydrogen) atoms. The summed E-state index contributed by atoms with van der Waals surface area (Å²) in [6.45, 7) is 2.89. The number of hydrogen-bond acceptors (Lipinski definition) is 5. The average Bonchev–Trinajstić information content (AvgIpc) is 2.46. The minimum atomic E-state index is -0.327. The fraction of sp³-hybridized carbons (Fsp3) is 0.231. The van der Waals surface area contributed by atoms with E-state index < -0.39 is 0 Å². The van der Waals surface area contributed by atoms with Crippen molar-refractivity contribution in [3.8, 4) is 0 Å². The summed E-state index contributed by atoms with van der Waals surface area (Å²) in [6.07, 6.45) is 4.13. The molecule has 2 heterocycles. The molecule has 0 aliphatic heterocycles. The zero-order valence-corrected chi connectivity index (χ0v) is 10.6. The van der Waals surface area contributed by atoms with Crippen LogP contribution in [0.25, 0.3) is 0 Å². The number of hydrogen-bond donors (Lipinski definition) is 2. The van der Waals surface area contributed by atoms with Crippen molar-refractivity contribution < 1.29 is 4.79 Å². The zero-order chi connectivity index (χ0) is 13.5. The first-order valence-corrected chi connectivity index (χ1v) is 6.09. The van der Waals surface area contributed by atoms with E-state index in [1.807, 2.05) is 6.07 Å². The van der Waals surface area contributed by atoms with Gasteiger partial charge in [-0.05, 0) is 24.6 Å². The Hall–Kier alpha value is -2.50. The first-order chi connectivity index (χ1) is 9.29. The van der Waals surface area contributed by atoms with E-state index in [1.165, 1.54) is 0 Å². The minimum absolute atomic E-state index is 0.265. The largest absolute Gasteiger partial charge is 0.370 e. The van der Waals surface area contributed by atoms with Crippen LogP contribution in [0.15, 0.2) is 36.7 Å². The standard InChI is InChI=1S/C13H15N5O/c1-2-7-14-11-6-3-5-10(17-11)12(19)18-13-15-8-4-9-16-13/h3-6,8-9H,2,7H2,1H3,(H,14,17)(H,15,16,18,19). The summed E-state index contributed by atoms with van der Waals surface area (Å²) >= 11 is 0. The van der Waals surface area contributed by atoms with Crippen LogP contribution in [-0.2, 0) is 0 Å². The Morgan fingerprint density at radius 1 is 1.21 bits per heavy atom. The van der Waals surface area contributed by atoms with Gasteiger partial charge in [0.15, 0.2) is 0 Å². The van der Waals surface area contributed by atoms with Crippen LogP contribution in [0.4, 0.5) is 11.8 Å². The van der Waals surface area contributed by atoms with Gasteiger partial charge in [-0.2, -0.15) is 0 Å². The van der Waals surface area contributed by atoms with E-state index in [0.29, 0.717) is 11.5 Å². The number of amides is 1. The molecule has 0 saturated heterocycles. The highest BCUT2D eigenvalue weighted by atomic mass is 16.2. The van der Waals surface area contributed by atoms with Crippen LogP contribution in [-0.4, -0.2) is 27.4 Å².